The molecule has 3 aromatic carbocycles. The first-order valence-corrected chi connectivity index (χ1v) is 11.4. The topological polar surface area (TPSA) is 9.23 Å². The van der Waals surface area contributed by atoms with Crippen LogP contribution >= 0.6 is 0 Å². The molecular weight excluding hydrogens is 402 g/mol. The van der Waals surface area contributed by atoms with Gasteiger partial charge in [-0.2, -0.15) is 4.39 Å². The van der Waals surface area contributed by atoms with E-state index in [0.717, 1.165) is 29.5 Å². The fourth-order valence-corrected chi connectivity index (χ4v) is 3.46. The normalized spacial score (nSPS) is 10.5. The van der Waals surface area contributed by atoms with Gasteiger partial charge in [-0.05, 0) is 60.2 Å². The minimum absolute atomic E-state index is 0.0185. The van der Waals surface area contributed by atoms with Crippen LogP contribution in [0.2, 0.25) is 0 Å². The van der Waals surface area contributed by atoms with Crippen molar-refractivity contribution in [2.75, 3.05) is 6.61 Å². The van der Waals surface area contributed by atoms with Crippen molar-refractivity contribution in [3.8, 4) is 28.7 Å². The highest BCUT2D eigenvalue weighted by Gasteiger charge is 2.13. The molecule has 0 radical (unpaired) electrons. The van der Waals surface area contributed by atoms with Crippen LogP contribution in [0.3, 0.4) is 0 Å². The van der Waals surface area contributed by atoms with E-state index in [2.05, 4.69) is 43.0 Å². The van der Waals surface area contributed by atoms with Gasteiger partial charge in [0.1, 0.15) is 0 Å². The summed E-state index contributed by atoms with van der Waals surface area (Å²) >= 11 is 0. The van der Waals surface area contributed by atoms with Crippen LogP contribution in [0.15, 0.2) is 60.7 Å². The van der Waals surface area contributed by atoms with Crippen LogP contribution in [0, 0.1) is 23.5 Å². The Morgan fingerprint density at radius 1 is 0.688 bits per heavy atom. The fraction of sp³-hybridized carbons (Fsp3) is 0.310. The summed E-state index contributed by atoms with van der Waals surface area (Å²) in [7, 11) is 0. The van der Waals surface area contributed by atoms with Crippen LogP contribution in [0.25, 0.3) is 11.1 Å². The molecular formula is C29H30F2O. The number of halogens is 2. The highest BCUT2D eigenvalue weighted by Crippen LogP contribution is 2.23. The summed E-state index contributed by atoms with van der Waals surface area (Å²) in [4.78, 5) is 0. The first-order chi connectivity index (χ1) is 15.6. The van der Waals surface area contributed by atoms with Gasteiger partial charge in [-0.3, -0.25) is 0 Å². The van der Waals surface area contributed by atoms with E-state index in [9.17, 15) is 8.78 Å². The SMILES string of the molecule is CCCCCCc1ccc(-c2ccc(C#Cc3ccc(OCCC)c(F)c3F)cc2)cc1. The number of unbranched alkanes of at least 4 members (excludes halogenated alkanes) is 3. The van der Waals surface area contributed by atoms with Gasteiger partial charge in [0.05, 0.1) is 12.2 Å². The smallest absolute Gasteiger partial charge is 0.201 e. The summed E-state index contributed by atoms with van der Waals surface area (Å²) in [5.41, 5.74) is 4.38. The third kappa shape index (κ3) is 6.44. The summed E-state index contributed by atoms with van der Waals surface area (Å²) < 4.78 is 33.6. The third-order valence-corrected chi connectivity index (χ3v) is 5.34. The van der Waals surface area contributed by atoms with E-state index in [1.807, 2.05) is 31.2 Å². The van der Waals surface area contributed by atoms with Crippen molar-refractivity contribution >= 4 is 0 Å². The molecule has 0 unspecified atom stereocenters. The number of rotatable bonds is 9. The Morgan fingerprint density at radius 2 is 1.38 bits per heavy atom. The maximum atomic E-state index is 14.3. The number of ether oxygens (including phenoxy) is 1. The first-order valence-electron chi connectivity index (χ1n) is 11.4. The van der Waals surface area contributed by atoms with Crippen LogP contribution < -0.4 is 4.74 Å². The Kier molecular flexibility index (Phi) is 8.87. The van der Waals surface area contributed by atoms with E-state index >= 15 is 0 Å². The van der Waals surface area contributed by atoms with Crippen molar-refractivity contribution < 1.29 is 13.5 Å². The summed E-state index contributed by atoms with van der Waals surface area (Å²) in [6, 6.07) is 19.4. The van der Waals surface area contributed by atoms with Crippen LogP contribution in [0.5, 0.6) is 5.75 Å². The number of hydrogen-bond donors (Lipinski definition) is 0. The van der Waals surface area contributed by atoms with Gasteiger partial charge in [-0.25, -0.2) is 4.39 Å². The molecule has 0 aromatic heterocycles. The zero-order valence-electron chi connectivity index (χ0n) is 18.9. The van der Waals surface area contributed by atoms with Gasteiger partial charge in [0.25, 0.3) is 0 Å². The fourth-order valence-electron chi connectivity index (χ4n) is 3.46. The Morgan fingerprint density at radius 3 is 2.03 bits per heavy atom. The van der Waals surface area contributed by atoms with Gasteiger partial charge in [-0.15, -0.1) is 0 Å². The van der Waals surface area contributed by atoms with Crippen LogP contribution in [0.1, 0.15) is 62.6 Å². The summed E-state index contributed by atoms with van der Waals surface area (Å²) in [5, 5.41) is 0. The Bertz CT molecular complexity index is 1060. The third-order valence-electron chi connectivity index (χ3n) is 5.34. The molecule has 3 aromatic rings. The van der Waals surface area contributed by atoms with Crippen LogP contribution in [-0.2, 0) is 6.42 Å². The molecule has 1 nitrogen and oxygen atoms in total. The largest absolute Gasteiger partial charge is 0.490 e. The lowest BCUT2D eigenvalue weighted by Crippen LogP contribution is -2.00. The lowest BCUT2D eigenvalue weighted by molar-refractivity contribution is 0.295. The van der Waals surface area contributed by atoms with E-state index in [1.165, 1.54) is 43.4 Å². The summed E-state index contributed by atoms with van der Waals surface area (Å²) in [6.45, 7) is 4.48. The minimum atomic E-state index is -0.991. The molecule has 32 heavy (non-hydrogen) atoms. The molecule has 0 aliphatic carbocycles. The molecule has 0 aliphatic heterocycles. The monoisotopic (exact) mass is 432 g/mol. The van der Waals surface area contributed by atoms with E-state index in [0.29, 0.717) is 6.61 Å². The van der Waals surface area contributed by atoms with Gasteiger partial charge in [0.15, 0.2) is 11.6 Å². The Labute approximate surface area is 190 Å². The van der Waals surface area contributed by atoms with Gasteiger partial charge in [-0.1, -0.05) is 81.3 Å². The van der Waals surface area contributed by atoms with E-state index in [-0.39, 0.29) is 11.3 Å². The zero-order chi connectivity index (χ0) is 22.8. The average Bonchev–Trinajstić information content (AvgIpc) is 2.83. The molecule has 0 spiro atoms. The quantitative estimate of drug-likeness (QED) is 0.246. The Balaban J connectivity index is 1.66. The van der Waals surface area contributed by atoms with Gasteiger partial charge in [0.2, 0.25) is 5.82 Å². The maximum absolute atomic E-state index is 14.3. The Hall–Kier alpha value is -3.12. The molecule has 0 fully saturated rings. The lowest BCUT2D eigenvalue weighted by Gasteiger charge is -2.07. The minimum Gasteiger partial charge on any atom is -0.490 e. The summed E-state index contributed by atoms with van der Waals surface area (Å²) in [6.07, 6.45) is 6.92. The lowest BCUT2D eigenvalue weighted by atomic mass is 10.0. The molecule has 0 amide bonds. The second-order valence-corrected chi connectivity index (χ2v) is 7.92. The predicted molar refractivity (Wildman–Crippen MR) is 128 cm³/mol. The van der Waals surface area contributed by atoms with Crippen molar-refractivity contribution in [1.82, 2.24) is 0 Å². The van der Waals surface area contributed by atoms with Gasteiger partial charge >= 0.3 is 0 Å². The van der Waals surface area contributed by atoms with Crippen molar-refractivity contribution in [2.24, 2.45) is 0 Å². The van der Waals surface area contributed by atoms with Crippen LogP contribution in [0.4, 0.5) is 8.78 Å². The second-order valence-electron chi connectivity index (χ2n) is 7.92. The molecule has 0 saturated carbocycles. The van der Waals surface area contributed by atoms with Crippen molar-refractivity contribution in [2.45, 2.75) is 52.4 Å². The molecule has 0 saturated heterocycles. The van der Waals surface area contributed by atoms with Gasteiger partial charge < -0.3 is 4.74 Å². The number of aryl methyl sites for hydroxylation is 1. The number of hydrogen-bond acceptors (Lipinski definition) is 1. The van der Waals surface area contributed by atoms with Gasteiger partial charge in [0, 0.05) is 5.56 Å². The first kappa shape index (κ1) is 23.5. The van der Waals surface area contributed by atoms with E-state index in [4.69, 9.17) is 4.74 Å². The zero-order valence-corrected chi connectivity index (χ0v) is 18.9. The van der Waals surface area contributed by atoms with Crippen molar-refractivity contribution in [3.63, 3.8) is 0 Å². The predicted octanol–water partition coefficient (Wildman–Crippen LogP) is 7.94. The highest BCUT2D eigenvalue weighted by atomic mass is 19.2. The molecule has 0 atom stereocenters. The van der Waals surface area contributed by atoms with Crippen LogP contribution in [-0.4, -0.2) is 6.61 Å². The standard InChI is InChI=1S/C29H30F2O/c1-3-5-6-7-8-22-9-14-24(15-10-22)25-16-11-23(12-17-25)13-18-26-19-20-27(32-21-4-2)29(31)28(26)30/h9-12,14-17,19-20H,3-8,21H2,1-2H3. The highest BCUT2D eigenvalue weighted by molar-refractivity contribution is 5.64. The maximum Gasteiger partial charge on any atom is 0.201 e. The molecule has 3 heteroatoms. The summed E-state index contributed by atoms with van der Waals surface area (Å²) in [5.74, 6) is 3.60. The van der Waals surface area contributed by atoms with E-state index < -0.39 is 11.6 Å². The van der Waals surface area contributed by atoms with E-state index in [1.54, 1.807) is 0 Å². The second kappa shape index (κ2) is 12.1. The van der Waals surface area contributed by atoms with Crippen molar-refractivity contribution in [3.05, 3.63) is 89.0 Å². The molecule has 0 heterocycles. The number of benzene rings is 3. The molecule has 166 valence electrons. The van der Waals surface area contributed by atoms with Crippen molar-refractivity contribution in [1.29, 1.82) is 0 Å². The average molecular weight is 433 g/mol. The molecule has 0 N–H and O–H groups in total. The molecule has 0 bridgehead atoms. The molecule has 0 aliphatic rings. The molecule has 3 rings (SSSR count).